The highest BCUT2D eigenvalue weighted by molar-refractivity contribution is 5.78. The van der Waals surface area contributed by atoms with Gasteiger partial charge in [-0.2, -0.15) is 0 Å². The Balaban J connectivity index is 1.75. The molecule has 2 amide bonds. The lowest BCUT2D eigenvalue weighted by Gasteiger charge is -2.42. The maximum Gasteiger partial charge on any atom is 0.318 e. The zero-order chi connectivity index (χ0) is 19.3. The van der Waals surface area contributed by atoms with Gasteiger partial charge in [0.1, 0.15) is 0 Å². The Hall–Kier alpha value is -1.98. The molecule has 1 atom stereocenters. The molecule has 1 aliphatic heterocycles. The summed E-state index contributed by atoms with van der Waals surface area (Å²) in [6.07, 6.45) is 9.28. The normalized spacial score (nSPS) is 21.4. The van der Waals surface area contributed by atoms with E-state index in [9.17, 15) is 9.59 Å². The van der Waals surface area contributed by atoms with E-state index in [1.807, 2.05) is 11.8 Å². The molecule has 6 heteroatoms. The van der Waals surface area contributed by atoms with Crippen LogP contribution in [0.15, 0.2) is 18.3 Å². The Bertz CT molecular complexity index is 649. The van der Waals surface area contributed by atoms with Crippen molar-refractivity contribution in [1.29, 1.82) is 0 Å². The number of fused-ring (bicyclic) bond motifs is 1. The second-order valence-corrected chi connectivity index (χ2v) is 7.88. The second kappa shape index (κ2) is 8.81. The summed E-state index contributed by atoms with van der Waals surface area (Å²) in [7, 11) is 0. The molecular weight excluding hydrogens is 342 g/mol. The van der Waals surface area contributed by atoms with Crippen LogP contribution in [0.1, 0.15) is 76.9 Å². The van der Waals surface area contributed by atoms with Crippen LogP contribution in [0.5, 0.6) is 0 Å². The Kier molecular flexibility index (Phi) is 6.45. The van der Waals surface area contributed by atoms with Crippen LogP contribution < -0.4 is 5.32 Å². The van der Waals surface area contributed by atoms with E-state index in [1.54, 1.807) is 0 Å². The molecule has 1 aromatic heterocycles. The van der Waals surface area contributed by atoms with Crippen LogP contribution in [0.4, 0.5) is 4.79 Å². The van der Waals surface area contributed by atoms with Gasteiger partial charge >= 0.3 is 12.0 Å². The first-order chi connectivity index (χ1) is 13.1. The predicted molar refractivity (Wildman–Crippen MR) is 104 cm³/mol. The van der Waals surface area contributed by atoms with Crippen molar-refractivity contribution < 1.29 is 14.3 Å². The molecule has 1 saturated carbocycles. The van der Waals surface area contributed by atoms with Crippen molar-refractivity contribution in [2.24, 2.45) is 0 Å². The highest BCUT2D eigenvalue weighted by atomic mass is 16.5. The standard InChI is InChI=1S/C21H33N3O3/c1-3-9-18-17-10-8-13-23(17)14-15-24(18)20(26)22-21(11-6-5-7-12-21)16-19(25)27-4-2/h8,10,13,18H,3-7,9,11-12,14-16H2,1-2H3,(H,22,26). The fourth-order valence-corrected chi connectivity index (χ4v) is 4.65. The molecule has 1 fully saturated rings. The summed E-state index contributed by atoms with van der Waals surface area (Å²) in [4.78, 5) is 27.4. The maximum atomic E-state index is 13.3. The van der Waals surface area contributed by atoms with E-state index in [-0.39, 0.29) is 24.5 Å². The molecule has 0 saturated heterocycles. The number of carbonyl (C=O) groups excluding carboxylic acids is 2. The van der Waals surface area contributed by atoms with E-state index in [0.29, 0.717) is 13.2 Å². The molecule has 2 aliphatic rings. The van der Waals surface area contributed by atoms with Gasteiger partial charge in [0, 0.05) is 25.0 Å². The average Bonchev–Trinajstić information content (AvgIpc) is 3.12. The van der Waals surface area contributed by atoms with E-state index in [4.69, 9.17) is 4.74 Å². The van der Waals surface area contributed by atoms with Gasteiger partial charge < -0.3 is 19.5 Å². The third-order valence-corrected chi connectivity index (χ3v) is 5.96. The van der Waals surface area contributed by atoms with Gasteiger partial charge in [0.15, 0.2) is 0 Å². The number of rotatable bonds is 6. The minimum atomic E-state index is -0.461. The quantitative estimate of drug-likeness (QED) is 0.764. The van der Waals surface area contributed by atoms with Crippen molar-refractivity contribution in [3.63, 3.8) is 0 Å². The number of carbonyl (C=O) groups is 2. The van der Waals surface area contributed by atoms with Crippen LogP contribution in [0.2, 0.25) is 0 Å². The number of ether oxygens (including phenoxy) is 1. The number of amides is 2. The molecule has 0 radical (unpaired) electrons. The lowest BCUT2D eigenvalue weighted by atomic mass is 9.79. The highest BCUT2D eigenvalue weighted by Gasteiger charge is 2.39. The SMILES string of the molecule is CCCC1c2cccn2CCN1C(=O)NC1(CC(=O)OCC)CCCCC1. The van der Waals surface area contributed by atoms with Crippen molar-refractivity contribution in [1.82, 2.24) is 14.8 Å². The van der Waals surface area contributed by atoms with Crippen LogP contribution in [0, 0.1) is 0 Å². The second-order valence-electron chi connectivity index (χ2n) is 7.88. The molecular formula is C21H33N3O3. The first-order valence-electron chi connectivity index (χ1n) is 10.5. The van der Waals surface area contributed by atoms with Gasteiger partial charge in [-0.3, -0.25) is 4.79 Å². The van der Waals surface area contributed by atoms with E-state index in [2.05, 4.69) is 35.1 Å². The lowest BCUT2D eigenvalue weighted by molar-refractivity contribution is -0.145. The molecule has 1 N–H and O–H groups in total. The molecule has 150 valence electrons. The predicted octanol–water partition coefficient (Wildman–Crippen LogP) is 4.01. The zero-order valence-corrected chi connectivity index (χ0v) is 16.7. The summed E-state index contributed by atoms with van der Waals surface area (Å²) in [5.41, 5.74) is 0.749. The molecule has 27 heavy (non-hydrogen) atoms. The summed E-state index contributed by atoms with van der Waals surface area (Å²) < 4.78 is 7.43. The fourth-order valence-electron chi connectivity index (χ4n) is 4.65. The number of esters is 1. The first kappa shape index (κ1) is 19.8. The van der Waals surface area contributed by atoms with Crippen molar-refractivity contribution in [2.75, 3.05) is 13.2 Å². The van der Waals surface area contributed by atoms with E-state index < -0.39 is 5.54 Å². The van der Waals surface area contributed by atoms with Crippen molar-refractivity contribution in [3.05, 3.63) is 24.0 Å². The lowest BCUT2D eigenvalue weighted by Crippen LogP contribution is -2.57. The first-order valence-corrected chi connectivity index (χ1v) is 10.5. The summed E-state index contributed by atoms with van der Waals surface area (Å²) in [6, 6.07) is 4.24. The molecule has 6 nitrogen and oxygen atoms in total. The minimum absolute atomic E-state index is 0.0351. The summed E-state index contributed by atoms with van der Waals surface area (Å²) in [6.45, 7) is 5.88. The number of hydrogen-bond donors (Lipinski definition) is 1. The zero-order valence-electron chi connectivity index (χ0n) is 16.7. The Labute approximate surface area is 162 Å². The number of urea groups is 1. The van der Waals surface area contributed by atoms with Crippen LogP contribution >= 0.6 is 0 Å². The minimum Gasteiger partial charge on any atom is -0.466 e. The molecule has 1 unspecified atom stereocenters. The van der Waals surface area contributed by atoms with Gasteiger partial charge in [-0.15, -0.1) is 0 Å². The van der Waals surface area contributed by atoms with Gasteiger partial charge in [-0.05, 0) is 38.3 Å². The van der Waals surface area contributed by atoms with E-state index in [0.717, 1.165) is 51.5 Å². The molecule has 3 rings (SSSR count). The monoisotopic (exact) mass is 375 g/mol. The Morgan fingerprint density at radius 1 is 1.22 bits per heavy atom. The largest absolute Gasteiger partial charge is 0.466 e. The molecule has 0 aromatic carbocycles. The molecule has 0 bridgehead atoms. The topological polar surface area (TPSA) is 63.6 Å². The van der Waals surface area contributed by atoms with E-state index >= 15 is 0 Å². The van der Waals surface area contributed by atoms with Crippen LogP contribution in [-0.4, -0.2) is 40.2 Å². The van der Waals surface area contributed by atoms with Crippen LogP contribution in [-0.2, 0) is 16.1 Å². The summed E-state index contributed by atoms with van der Waals surface area (Å²) >= 11 is 0. The van der Waals surface area contributed by atoms with Gasteiger partial charge in [-0.1, -0.05) is 32.6 Å². The third-order valence-electron chi connectivity index (χ3n) is 5.96. The smallest absolute Gasteiger partial charge is 0.318 e. The van der Waals surface area contributed by atoms with Gasteiger partial charge in [0.2, 0.25) is 0 Å². The number of aromatic nitrogens is 1. The molecule has 1 aromatic rings. The van der Waals surface area contributed by atoms with Crippen molar-refractivity contribution >= 4 is 12.0 Å². The highest BCUT2D eigenvalue weighted by Crippen LogP contribution is 2.34. The van der Waals surface area contributed by atoms with Crippen LogP contribution in [0.3, 0.4) is 0 Å². The van der Waals surface area contributed by atoms with Crippen molar-refractivity contribution in [3.8, 4) is 0 Å². The van der Waals surface area contributed by atoms with Crippen LogP contribution in [0.25, 0.3) is 0 Å². The number of nitrogens with one attached hydrogen (secondary N) is 1. The van der Waals surface area contributed by atoms with Gasteiger partial charge in [0.25, 0.3) is 0 Å². The Morgan fingerprint density at radius 3 is 2.70 bits per heavy atom. The summed E-state index contributed by atoms with van der Waals surface area (Å²) in [5.74, 6) is -0.211. The van der Waals surface area contributed by atoms with Gasteiger partial charge in [0.05, 0.1) is 24.6 Å². The third kappa shape index (κ3) is 4.47. The van der Waals surface area contributed by atoms with Gasteiger partial charge in [-0.25, -0.2) is 4.79 Å². The fraction of sp³-hybridized carbons (Fsp3) is 0.714. The molecule has 0 spiro atoms. The number of nitrogens with zero attached hydrogens (tertiary/aromatic N) is 2. The molecule has 2 heterocycles. The molecule has 1 aliphatic carbocycles. The van der Waals surface area contributed by atoms with Crippen molar-refractivity contribution in [2.45, 2.75) is 83.3 Å². The maximum absolute atomic E-state index is 13.3. The number of hydrogen-bond acceptors (Lipinski definition) is 3. The average molecular weight is 376 g/mol. The van der Waals surface area contributed by atoms with E-state index in [1.165, 1.54) is 5.69 Å². The Morgan fingerprint density at radius 2 is 2.00 bits per heavy atom. The summed E-state index contributed by atoms with van der Waals surface area (Å²) in [5, 5.41) is 3.28.